The van der Waals surface area contributed by atoms with Gasteiger partial charge in [-0.15, -0.1) is 0 Å². The van der Waals surface area contributed by atoms with Gasteiger partial charge in [-0.3, -0.25) is 0 Å². The van der Waals surface area contributed by atoms with Crippen LogP contribution in [-0.2, 0) is 0 Å². The lowest BCUT2D eigenvalue weighted by molar-refractivity contribution is 0.263. The van der Waals surface area contributed by atoms with Crippen molar-refractivity contribution in [2.75, 3.05) is 0 Å². The second kappa shape index (κ2) is 13.3. The molecule has 1 aliphatic rings. The fourth-order valence-electron chi connectivity index (χ4n) is 3.28. The van der Waals surface area contributed by atoms with Crippen LogP contribution in [0.3, 0.4) is 0 Å². The largest absolute Gasteiger partial charge is 0.359 e. The molecule has 1 rings (SSSR count). The fourth-order valence-corrected chi connectivity index (χ4v) is 3.28. The predicted octanol–water partition coefficient (Wildman–Crippen LogP) is 8.04. The molecule has 0 spiro atoms. The van der Waals surface area contributed by atoms with Crippen molar-refractivity contribution in [1.29, 1.82) is 0 Å². The quantitative estimate of drug-likeness (QED) is 0.519. The van der Waals surface area contributed by atoms with E-state index in [4.69, 9.17) is 0 Å². The lowest BCUT2D eigenvalue weighted by Crippen LogP contribution is -2.44. The van der Waals surface area contributed by atoms with Crippen molar-refractivity contribution < 1.29 is 0 Å². The van der Waals surface area contributed by atoms with Crippen molar-refractivity contribution in [2.24, 2.45) is 29.6 Å². The Labute approximate surface area is 172 Å². The second-order valence-electron chi connectivity index (χ2n) is 9.54. The van der Waals surface area contributed by atoms with Gasteiger partial charge in [0.05, 0.1) is 0 Å². The van der Waals surface area contributed by atoms with E-state index in [2.05, 4.69) is 100 Å². The first kappa shape index (κ1) is 28.3. The molecule has 1 N–H and O–H groups in total. The van der Waals surface area contributed by atoms with E-state index in [0.29, 0.717) is 29.7 Å². The Hall–Kier alpha value is -0.920. The van der Waals surface area contributed by atoms with Gasteiger partial charge >= 0.3 is 0 Å². The fraction of sp³-hybridized carbons (Fsp3) is 0.840. The zero-order valence-electron chi connectivity index (χ0n) is 21.4. The molecule has 162 valence electrons. The second-order valence-corrected chi connectivity index (χ2v) is 9.54. The van der Waals surface area contributed by atoms with E-state index in [-0.39, 0.29) is 0 Å². The Morgan fingerprint density at radius 2 is 0.778 bits per heavy atom. The number of hydrogen-bond acceptors (Lipinski definition) is 2. The topological polar surface area (TPSA) is 15.3 Å². The van der Waals surface area contributed by atoms with Gasteiger partial charge in [0.2, 0.25) is 0 Å². The number of nitrogens with one attached hydrogen (secondary N) is 1. The molecule has 1 heterocycles. The van der Waals surface area contributed by atoms with Crippen LogP contribution in [0.15, 0.2) is 22.8 Å². The number of nitrogens with zero attached hydrogens (tertiary/aromatic N) is 1. The monoisotopic (exact) mass is 380 g/mol. The number of allylic oxidation sites excluding steroid dienone is 4. The molecule has 0 aromatic rings. The summed E-state index contributed by atoms with van der Waals surface area (Å²) in [6, 6.07) is 0.490. The van der Waals surface area contributed by atoms with Gasteiger partial charge in [0.25, 0.3) is 0 Å². The average Bonchev–Trinajstić information content (AvgIpc) is 2.53. The van der Waals surface area contributed by atoms with E-state index in [9.17, 15) is 0 Å². The van der Waals surface area contributed by atoms with Gasteiger partial charge in [-0.1, -0.05) is 90.0 Å². The molecule has 0 radical (unpaired) electrons. The first-order valence-electron chi connectivity index (χ1n) is 11.4. The summed E-state index contributed by atoms with van der Waals surface area (Å²) < 4.78 is 0. The Bertz CT molecular complexity index is 424. The molecule has 0 fully saturated rings. The molecule has 1 aliphatic heterocycles. The summed E-state index contributed by atoms with van der Waals surface area (Å²) in [5.41, 5.74) is 5.78. The highest BCUT2D eigenvalue weighted by molar-refractivity contribution is 5.34. The molecule has 0 aliphatic carbocycles. The molecule has 0 bridgehead atoms. The summed E-state index contributed by atoms with van der Waals surface area (Å²) in [6.45, 7) is 33.5. The van der Waals surface area contributed by atoms with Crippen LogP contribution in [0.2, 0.25) is 0 Å². The predicted molar refractivity (Wildman–Crippen MR) is 125 cm³/mol. The molecule has 0 saturated carbocycles. The first-order chi connectivity index (χ1) is 12.3. The van der Waals surface area contributed by atoms with Crippen molar-refractivity contribution in [3.8, 4) is 0 Å². The van der Waals surface area contributed by atoms with Crippen LogP contribution in [0.25, 0.3) is 0 Å². The average molecular weight is 381 g/mol. The van der Waals surface area contributed by atoms with E-state index < -0.39 is 0 Å². The summed E-state index contributed by atoms with van der Waals surface area (Å²) in [5.74, 6) is 2.93. The van der Waals surface area contributed by atoms with Crippen LogP contribution in [0, 0.1) is 29.6 Å². The van der Waals surface area contributed by atoms with E-state index in [0.717, 1.165) is 5.92 Å². The Morgan fingerprint density at radius 1 is 0.519 bits per heavy atom. The molecule has 0 unspecified atom stereocenters. The molecule has 0 aromatic heterocycles. The first-order valence-corrected chi connectivity index (χ1v) is 11.4. The highest BCUT2D eigenvalue weighted by Crippen LogP contribution is 2.38. The van der Waals surface area contributed by atoms with E-state index in [1.54, 1.807) is 0 Å². The third kappa shape index (κ3) is 8.75. The molecular weight excluding hydrogens is 328 g/mol. The summed E-state index contributed by atoms with van der Waals surface area (Å²) >= 11 is 0. The SMILES string of the molecule is CC.CC(C)C.CC(C)C1=C(C(C)C)N(C(C)C)C(C(C)C)=C(C(C)C)N1. The van der Waals surface area contributed by atoms with Crippen LogP contribution in [-0.4, -0.2) is 10.9 Å². The Balaban J connectivity index is 0. The molecule has 0 atom stereocenters. The third-order valence-electron chi connectivity index (χ3n) is 4.11. The molecule has 2 nitrogen and oxygen atoms in total. The zero-order chi connectivity index (χ0) is 22.1. The van der Waals surface area contributed by atoms with Crippen molar-refractivity contribution in [3.05, 3.63) is 22.8 Å². The number of hydrogen-bond donors (Lipinski definition) is 1. The zero-order valence-corrected chi connectivity index (χ0v) is 21.4. The minimum atomic E-state index is 0.490. The van der Waals surface area contributed by atoms with Crippen molar-refractivity contribution >= 4 is 0 Å². The van der Waals surface area contributed by atoms with Gasteiger partial charge in [-0.25, -0.2) is 0 Å². The summed E-state index contributed by atoms with van der Waals surface area (Å²) in [6.07, 6.45) is 0. The van der Waals surface area contributed by atoms with Gasteiger partial charge in [-0.2, -0.15) is 0 Å². The lowest BCUT2D eigenvalue weighted by atomic mass is 9.90. The Morgan fingerprint density at radius 3 is 0.926 bits per heavy atom. The molecular formula is C25H52N2. The minimum Gasteiger partial charge on any atom is -0.359 e. The van der Waals surface area contributed by atoms with Gasteiger partial charge in [0, 0.05) is 28.8 Å². The van der Waals surface area contributed by atoms with E-state index in [1.165, 1.54) is 22.8 Å². The van der Waals surface area contributed by atoms with Gasteiger partial charge in [-0.05, 0) is 43.4 Å². The standard InChI is InChI=1S/C19H36N2.C4H10.C2H6/c1-11(2)16-18(13(5)6)21(15(9)10)19(14(7)8)17(20-16)12(3)4;1-4(2)3;1-2/h11-15,20H,1-10H3;4H,1-3H3;1-2H3. The maximum atomic E-state index is 3.82. The lowest BCUT2D eigenvalue weighted by Gasteiger charge is -2.45. The number of rotatable bonds is 5. The molecule has 0 amide bonds. The smallest absolute Gasteiger partial charge is 0.0402 e. The third-order valence-corrected chi connectivity index (χ3v) is 4.11. The highest BCUT2D eigenvalue weighted by Gasteiger charge is 2.33. The van der Waals surface area contributed by atoms with Gasteiger partial charge in [0.1, 0.15) is 0 Å². The molecule has 0 aromatic carbocycles. The molecule has 0 saturated heterocycles. The summed E-state index contributed by atoms with van der Waals surface area (Å²) in [4.78, 5) is 2.61. The van der Waals surface area contributed by atoms with Crippen LogP contribution in [0.4, 0.5) is 0 Å². The maximum Gasteiger partial charge on any atom is 0.0402 e. The molecule has 27 heavy (non-hydrogen) atoms. The van der Waals surface area contributed by atoms with Crippen LogP contribution < -0.4 is 5.32 Å². The van der Waals surface area contributed by atoms with Gasteiger partial charge < -0.3 is 10.2 Å². The molecule has 2 heteroatoms. The van der Waals surface area contributed by atoms with Crippen LogP contribution in [0.1, 0.15) is 104 Å². The van der Waals surface area contributed by atoms with Crippen LogP contribution in [0.5, 0.6) is 0 Å². The van der Waals surface area contributed by atoms with Crippen molar-refractivity contribution in [1.82, 2.24) is 10.2 Å². The maximum absolute atomic E-state index is 3.82. The normalized spacial score (nSPS) is 14.9. The van der Waals surface area contributed by atoms with E-state index >= 15 is 0 Å². The van der Waals surface area contributed by atoms with Gasteiger partial charge in [0.15, 0.2) is 0 Å². The van der Waals surface area contributed by atoms with Crippen molar-refractivity contribution in [3.63, 3.8) is 0 Å². The van der Waals surface area contributed by atoms with Crippen LogP contribution >= 0.6 is 0 Å². The summed E-state index contributed by atoms with van der Waals surface area (Å²) in [7, 11) is 0. The minimum absolute atomic E-state index is 0.490. The Kier molecular flexibility index (Phi) is 13.9. The van der Waals surface area contributed by atoms with Crippen molar-refractivity contribution in [2.45, 2.75) is 110 Å². The van der Waals surface area contributed by atoms with E-state index in [1.807, 2.05) is 13.8 Å². The summed E-state index contributed by atoms with van der Waals surface area (Å²) in [5, 5.41) is 3.82. The highest BCUT2D eigenvalue weighted by atomic mass is 15.2.